The number of nitrogens with zero attached hydrogens (tertiary/aromatic N) is 1. The highest BCUT2D eigenvalue weighted by atomic mass is 16.5. The van der Waals surface area contributed by atoms with E-state index in [0.717, 1.165) is 30.5 Å². The molecule has 0 amide bonds. The molecule has 1 aliphatic carbocycles. The van der Waals surface area contributed by atoms with Crippen molar-refractivity contribution in [3.63, 3.8) is 0 Å². The number of pyridine rings is 1. The van der Waals surface area contributed by atoms with Crippen LogP contribution in [0.25, 0.3) is 0 Å². The minimum atomic E-state index is -0.0308. The maximum absolute atomic E-state index is 12.9. The van der Waals surface area contributed by atoms with E-state index in [4.69, 9.17) is 9.47 Å². The summed E-state index contributed by atoms with van der Waals surface area (Å²) in [5, 5.41) is 0. The van der Waals surface area contributed by atoms with Gasteiger partial charge >= 0.3 is 0 Å². The van der Waals surface area contributed by atoms with Gasteiger partial charge in [-0.25, -0.2) is 4.57 Å². The van der Waals surface area contributed by atoms with E-state index < -0.39 is 0 Å². The van der Waals surface area contributed by atoms with Gasteiger partial charge in [-0.2, -0.15) is 0 Å². The zero-order chi connectivity index (χ0) is 19.5. The largest absolute Gasteiger partial charge is 0.493 e. The van der Waals surface area contributed by atoms with E-state index in [1.54, 1.807) is 14.2 Å². The van der Waals surface area contributed by atoms with Crippen LogP contribution in [0.2, 0.25) is 0 Å². The van der Waals surface area contributed by atoms with Gasteiger partial charge in [0.15, 0.2) is 36.2 Å². The van der Waals surface area contributed by atoms with Gasteiger partial charge in [0.05, 0.1) is 14.2 Å². The van der Waals surface area contributed by atoms with Crippen LogP contribution >= 0.6 is 0 Å². The maximum atomic E-state index is 12.9. The minimum Gasteiger partial charge on any atom is -0.493 e. The number of carbonyl (C=O) groups excluding carboxylic acids is 1. The van der Waals surface area contributed by atoms with Gasteiger partial charge in [-0.05, 0) is 36.1 Å². The predicted octanol–water partition coefficient (Wildman–Crippen LogP) is 3.64. The number of methoxy groups -OCH3 is 2. The van der Waals surface area contributed by atoms with Gasteiger partial charge in [-0.3, -0.25) is 4.79 Å². The normalized spacial score (nSPS) is 15.4. The summed E-state index contributed by atoms with van der Waals surface area (Å²) >= 11 is 0. The van der Waals surface area contributed by atoms with Crippen LogP contribution in [0.1, 0.15) is 27.0 Å². The van der Waals surface area contributed by atoms with Crippen molar-refractivity contribution in [3.05, 3.63) is 89.2 Å². The van der Waals surface area contributed by atoms with E-state index in [9.17, 15) is 4.79 Å². The third kappa shape index (κ3) is 3.63. The number of rotatable bonds is 6. The third-order valence-electron chi connectivity index (χ3n) is 5.36. The first kappa shape index (κ1) is 18.2. The van der Waals surface area contributed by atoms with Crippen molar-refractivity contribution in [2.24, 2.45) is 5.92 Å². The summed E-state index contributed by atoms with van der Waals surface area (Å²) in [5.41, 5.74) is 4.25. The molecule has 4 heteroatoms. The fourth-order valence-corrected chi connectivity index (χ4v) is 3.87. The first-order valence-electron chi connectivity index (χ1n) is 9.49. The lowest BCUT2D eigenvalue weighted by Gasteiger charge is -2.09. The monoisotopic (exact) mass is 374 g/mol. The Hall–Kier alpha value is -3.14. The third-order valence-corrected chi connectivity index (χ3v) is 5.36. The topological polar surface area (TPSA) is 39.4 Å². The number of ether oxygens (including phenoxy) is 2. The van der Waals surface area contributed by atoms with E-state index in [2.05, 4.69) is 53.4 Å². The summed E-state index contributed by atoms with van der Waals surface area (Å²) < 4.78 is 12.9. The quantitative estimate of drug-likeness (QED) is 0.619. The van der Waals surface area contributed by atoms with Crippen LogP contribution < -0.4 is 14.0 Å². The summed E-state index contributed by atoms with van der Waals surface area (Å²) in [5.74, 6) is 1.45. The molecule has 0 N–H and O–H groups in total. The number of hydrogen-bond acceptors (Lipinski definition) is 3. The zero-order valence-electron chi connectivity index (χ0n) is 16.2. The van der Waals surface area contributed by atoms with Crippen LogP contribution in [-0.2, 0) is 19.4 Å². The van der Waals surface area contributed by atoms with Gasteiger partial charge in [0, 0.05) is 29.2 Å². The molecule has 0 saturated carbocycles. The van der Waals surface area contributed by atoms with Gasteiger partial charge in [0.2, 0.25) is 0 Å². The SMILES string of the molecule is COc1cc2c(cc1OC)C(=O)[C@H](Cc1cc[n+](Cc3ccccc3)cc1)C2. The Labute approximate surface area is 165 Å². The Morgan fingerprint density at radius 2 is 1.61 bits per heavy atom. The summed E-state index contributed by atoms with van der Waals surface area (Å²) in [7, 11) is 3.21. The Morgan fingerprint density at radius 3 is 2.29 bits per heavy atom. The van der Waals surface area contributed by atoms with Gasteiger partial charge in [0.25, 0.3) is 0 Å². The van der Waals surface area contributed by atoms with E-state index in [0.29, 0.717) is 11.5 Å². The lowest BCUT2D eigenvalue weighted by Crippen LogP contribution is -2.33. The molecule has 0 spiro atoms. The molecular formula is C24H24NO3+. The molecule has 4 nitrogen and oxygen atoms in total. The lowest BCUT2D eigenvalue weighted by atomic mass is 9.96. The number of hydrogen-bond donors (Lipinski definition) is 0. The standard InChI is InChI=1S/C24H24NO3/c1-27-22-14-19-13-20(24(26)21(19)15-23(22)28-2)12-17-8-10-25(11-9-17)16-18-6-4-3-5-7-18/h3-11,14-15,20H,12-13,16H2,1-2H3/q+1/t20-/m1/s1. The van der Waals surface area contributed by atoms with Crippen LogP contribution in [0.4, 0.5) is 0 Å². The Kier molecular flexibility index (Phi) is 5.11. The Balaban J connectivity index is 1.46. The highest BCUT2D eigenvalue weighted by Crippen LogP contribution is 2.37. The molecule has 3 aromatic rings. The van der Waals surface area contributed by atoms with Gasteiger partial charge in [-0.15, -0.1) is 0 Å². The molecule has 0 saturated heterocycles. The fraction of sp³-hybridized carbons (Fsp3) is 0.250. The Bertz CT molecular complexity index is 981. The second-order valence-corrected chi connectivity index (χ2v) is 7.20. The van der Waals surface area contributed by atoms with Crippen molar-refractivity contribution in [1.29, 1.82) is 0 Å². The van der Waals surface area contributed by atoms with E-state index in [-0.39, 0.29) is 11.7 Å². The highest BCUT2D eigenvalue weighted by Gasteiger charge is 2.32. The van der Waals surface area contributed by atoms with Crippen molar-refractivity contribution in [3.8, 4) is 11.5 Å². The average molecular weight is 374 g/mol. The molecular weight excluding hydrogens is 350 g/mol. The second-order valence-electron chi connectivity index (χ2n) is 7.20. The summed E-state index contributed by atoms with van der Waals surface area (Å²) in [6, 6.07) is 18.4. The molecule has 0 radical (unpaired) electrons. The van der Waals surface area contributed by atoms with Crippen molar-refractivity contribution in [1.82, 2.24) is 0 Å². The van der Waals surface area contributed by atoms with E-state index >= 15 is 0 Å². The first-order chi connectivity index (χ1) is 13.7. The molecule has 0 unspecified atom stereocenters. The second kappa shape index (κ2) is 7.85. The van der Waals surface area contributed by atoms with Crippen LogP contribution in [0.3, 0.4) is 0 Å². The molecule has 1 aromatic heterocycles. The number of Topliss-reactive ketones (excluding diaryl/α,β-unsaturated/α-hetero) is 1. The van der Waals surface area contributed by atoms with Crippen molar-refractivity contribution < 1.29 is 18.8 Å². The molecule has 2 aromatic carbocycles. The number of carbonyl (C=O) groups is 1. The summed E-state index contributed by atoms with van der Waals surface area (Å²) in [6.45, 7) is 0.842. The Morgan fingerprint density at radius 1 is 0.929 bits per heavy atom. The maximum Gasteiger partial charge on any atom is 0.173 e. The van der Waals surface area contributed by atoms with Crippen LogP contribution in [-0.4, -0.2) is 20.0 Å². The minimum absolute atomic E-state index is 0.0308. The van der Waals surface area contributed by atoms with Crippen LogP contribution in [0.5, 0.6) is 11.5 Å². The molecule has 1 heterocycles. The predicted molar refractivity (Wildman–Crippen MR) is 107 cm³/mol. The van der Waals surface area contributed by atoms with Crippen LogP contribution in [0.15, 0.2) is 67.0 Å². The van der Waals surface area contributed by atoms with Gasteiger partial charge < -0.3 is 9.47 Å². The first-order valence-corrected chi connectivity index (χ1v) is 9.49. The zero-order valence-corrected chi connectivity index (χ0v) is 16.2. The van der Waals surface area contributed by atoms with Crippen molar-refractivity contribution >= 4 is 5.78 Å². The van der Waals surface area contributed by atoms with Crippen molar-refractivity contribution in [2.75, 3.05) is 14.2 Å². The molecule has 142 valence electrons. The molecule has 1 atom stereocenters. The van der Waals surface area contributed by atoms with Gasteiger partial charge in [0.1, 0.15) is 0 Å². The lowest BCUT2D eigenvalue weighted by molar-refractivity contribution is -0.688. The van der Waals surface area contributed by atoms with Crippen LogP contribution in [0, 0.1) is 5.92 Å². The fourth-order valence-electron chi connectivity index (χ4n) is 3.87. The number of fused-ring (bicyclic) bond motifs is 1. The molecule has 28 heavy (non-hydrogen) atoms. The number of ketones is 1. The molecule has 4 rings (SSSR count). The molecule has 0 bridgehead atoms. The van der Waals surface area contributed by atoms with Crippen molar-refractivity contribution in [2.45, 2.75) is 19.4 Å². The smallest absolute Gasteiger partial charge is 0.173 e. The van der Waals surface area contributed by atoms with E-state index in [1.165, 1.54) is 11.1 Å². The number of benzene rings is 2. The number of aromatic nitrogens is 1. The molecule has 1 aliphatic rings. The molecule has 0 aliphatic heterocycles. The average Bonchev–Trinajstić information content (AvgIpc) is 3.03. The summed E-state index contributed by atoms with van der Waals surface area (Å²) in [6.07, 6.45) is 5.65. The van der Waals surface area contributed by atoms with E-state index in [1.807, 2.05) is 18.2 Å². The van der Waals surface area contributed by atoms with Gasteiger partial charge in [-0.1, -0.05) is 30.3 Å². The molecule has 0 fully saturated rings. The summed E-state index contributed by atoms with van der Waals surface area (Å²) in [4.78, 5) is 12.9. The highest BCUT2D eigenvalue weighted by molar-refractivity contribution is 6.03.